The van der Waals surface area contributed by atoms with Crippen LogP contribution in [0.4, 0.5) is 0 Å². The maximum absolute atomic E-state index is 13.4. The lowest BCUT2D eigenvalue weighted by Crippen LogP contribution is -2.33. The molecule has 1 unspecified atom stereocenters. The van der Waals surface area contributed by atoms with Gasteiger partial charge in [-0.1, -0.05) is 6.07 Å². The second-order valence-electron chi connectivity index (χ2n) is 9.03. The average Bonchev–Trinajstić information content (AvgIpc) is 3.11. The molecule has 1 N–H and O–H groups in total. The number of ketones is 1. The minimum Gasteiger partial charge on any atom is -0.507 e. The van der Waals surface area contributed by atoms with E-state index in [0.29, 0.717) is 34.1 Å². The first-order valence-electron chi connectivity index (χ1n) is 11.9. The van der Waals surface area contributed by atoms with Gasteiger partial charge in [0.1, 0.15) is 11.5 Å². The zero-order chi connectivity index (χ0) is 27.4. The molecule has 0 aromatic heterocycles. The molecule has 1 aliphatic heterocycles. The molecule has 37 heavy (non-hydrogen) atoms. The van der Waals surface area contributed by atoms with Crippen LogP contribution in [0.15, 0.2) is 29.8 Å². The predicted octanol–water partition coefficient (Wildman–Crippen LogP) is 4.18. The van der Waals surface area contributed by atoms with E-state index in [1.165, 1.54) is 33.3 Å². The lowest BCUT2D eigenvalue weighted by atomic mass is 9.93. The molecule has 9 heteroatoms. The summed E-state index contributed by atoms with van der Waals surface area (Å²) in [5.74, 6) is -0.383. The van der Waals surface area contributed by atoms with E-state index in [1.54, 1.807) is 18.2 Å². The molecule has 1 fully saturated rings. The highest BCUT2D eigenvalue weighted by atomic mass is 16.5. The molecule has 1 aliphatic rings. The number of aliphatic hydroxyl groups is 1. The summed E-state index contributed by atoms with van der Waals surface area (Å²) in [5, 5.41) is 11.6. The Morgan fingerprint density at radius 1 is 0.919 bits per heavy atom. The van der Waals surface area contributed by atoms with Crippen molar-refractivity contribution >= 4 is 17.4 Å². The van der Waals surface area contributed by atoms with Crippen molar-refractivity contribution in [2.75, 3.05) is 41.6 Å². The fourth-order valence-electron chi connectivity index (χ4n) is 4.65. The molecule has 3 rings (SSSR count). The van der Waals surface area contributed by atoms with Crippen molar-refractivity contribution in [1.29, 1.82) is 0 Å². The van der Waals surface area contributed by atoms with E-state index in [0.717, 1.165) is 11.1 Å². The Balaban J connectivity index is 2.30. The van der Waals surface area contributed by atoms with Crippen LogP contribution >= 0.6 is 0 Å². The van der Waals surface area contributed by atoms with Gasteiger partial charge in [-0.15, -0.1) is 0 Å². The average molecular weight is 514 g/mol. The van der Waals surface area contributed by atoms with Gasteiger partial charge in [-0.2, -0.15) is 0 Å². The van der Waals surface area contributed by atoms with Crippen LogP contribution in [0.25, 0.3) is 5.76 Å². The van der Waals surface area contributed by atoms with Crippen LogP contribution in [0.5, 0.6) is 23.0 Å². The molecule has 9 nitrogen and oxygen atoms in total. The van der Waals surface area contributed by atoms with Crippen LogP contribution in [0.1, 0.15) is 42.1 Å². The smallest absolute Gasteiger partial charge is 0.295 e. The van der Waals surface area contributed by atoms with Gasteiger partial charge < -0.3 is 33.7 Å². The normalized spacial score (nSPS) is 16.9. The van der Waals surface area contributed by atoms with E-state index in [-0.39, 0.29) is 30.6 Å². The fourth-order valence-corrected chi connectivity index (χ4v) is 4.65. The standard InChI is InChI=1S/C28H35NO8/c1-15(2)37-10-9-29-23(18-13-20(33-5)27(36-8)21(14-18)34-6)22(25(31)28(29)32)24(30)19-12-16(3)11-17(4)26(19)35-7/h11-15,23,30H,9-10H2,1-8H3/b24-22+. The molecular weight excluding hydrogens is 478 g/mol. The summed E-state index contributed by atoms with van der Waals surface area (Å²) in [7, 11) is 5.94. The summed E-state index contributed by atoms with van der Waals surface area (Å²) < 4.78 is 27.7. The Bertz CT molecular complexity index is 1190. The second kappa shape index (κ2) is 11.6. The van der Waals surface area contributed by atoms with Crippen LogP contribution in [-0.2, 0) is 14.3 Å². The summed E-state index contributed by atoms with van der Waals surface area (Å²) in [6.07, 6.45) is -0.0593. The third kappa shape index (κ3) is 5.36. The highest BCUT2D eigenvalue weighted by Crippen LogP contribution is 2.46. The molecule has 2 aromatic carbocycles. The molecule has 0 saturated carbocycles. The summed E-state index contributed by atoms with van der Waals surface area (Å²) in [4.78, 5) is 28.1. The minimum absolute atomic E-state index is 0.0593. The van der Waals surface area contributed by atoms with Gasteiger partial charge >= 0.3 is 0 Å². The molecule has 0 spiro atoms. The second-order valence-corrected chi connectivity index (χ2v) is 9.03. The molecule has 0 aliphatic carbocycles. The lowest BCUT2D eigenvalue weighted by molar-refractivity contribution is -0.140. The number of carbonyl (C=O) groups excluding carboxylic acids is 2. The topological polar surface area (TPSA) is 104 Å². The fraction of sp³-hybridized carbons (Fsp3) is 0.429. The van der Waals surface area contributed by atoms with Gasteiger partial charge in [-0.3, -0.25) is 9.59 Å². The van der Waals surface area contributed by atoms with Crippen molar-refractivity contribution in [3.05, 3.63) is 52.1 Å². The zero-order valence-electron chi connectivity index (χ0n) is 22.6. The maximum Gasteiger partial charge on any atom is 0.295 e. The number of aliphatic hydroxyl groups excluding tert-OH is 1. The largest absolute Gasteiger partial charge is 0.507 e. The summed E-state index contributed by atoms with van der Waals surface area (Å²) in [6.45, 7) is 7.83. The number of likely N-dealkylation sites (tertiary alicyclic amines) is 1. The van der Waals surface area contributed by atoms with E-state index in [1.807, 2.05) is 33.8 Å². The van der Waals surface area contributed by atoms with Crippen molar-refractivity contribution in [3.8, 4) is 23.0 Å². The van der Waals surface area contributed by atoms with E-state index < -0.39 is 17.7 Å². The van der Waals surface area contributed by atoms with Crippen LogP contribution in [0.2, 0.25) is 0 Å². The number of benzene rings is 2. The van der Waals surface area contributed by atoms with Crippen molar-refractivity contribution in [2.45, 2.75) is 39.8 Å². The molecule has 2 aromatic rings. The molecule has 1 atom stereocenters. The summed E-state index contributed by atoms with van der Waals surface area (Å²) in [5.41, 5.74) is 2.42. The molecule has 0 bridgehead atoms. The van der Waals surface area contributed by atoms with Crippen LogP contribution in [0, 0.1) is 13.8 Å². The molecule has 1 saturated heterocycles. The number of amides is 1. The van der Waals surface area contributed by atoms with Crippen molar-refractivity contribution in [1.82, 2.24) is 4.90 Å². The number of methoxy groups -OCH3 is 4. The summed E-state index contributed by atoms with van der Waals surface area (Å²) >= 11 is 0. The van der Waals surface area contributed by atoms with E-state index in [9.17, 15) is 14.7 Å². The number of rotatable bonds is 10. The quantitative estimate of drug-likeness (QED) is 0.287. The molecule has 200 valence electrons. The van der Waals surface area contributed by atoms with Gasteiger partial charge in [0.05, 0.1) is 58.3 Å². The van der Waals surface area contributed by atoms with Crippen molar-refractivity contribution in [3.63, 3.8) is 0 Å². The monoisotopic (exact) mass is 513 g/mol. The van der Waals surface area contributed by atoms with E-state index in [2.05, 4.69) is 0 Å². The Morgan fingerprint density at radius 3 is 2.03 bits per heavy atom. The van der Waals surface area contributed by atoms with Gasteiger partial charge in [-0.25, -0.2) is 0 Å². The van der Waals surface area contributed by atoms with Gasteiger partial charge in [0.15, 0.2) is 11.5 Å². The first-order valence-corrected chi connectivity index (χ1v) is 11.9. The van der Waals surface area contributed by atoms with Crippen molar-refractivity contribution in [2.24, 2.45) is 0 Å². The number of nitrogens with zero attached hydrogens (tertiary/aromatic N) is 1. The number of hydrogen-bond acceptors (Lipinski definition) is 8. The first-order chi connectivity index (χ1) is 17.6. The number of ether oxygens (including phenoxy) is 5. The zero-order valence-corrected chi connectivity index (χ0v) is 22.6. The van der Waals surface area contributed by atoms with Gasteiger partial charge in [0, 0.05) is 6.54 Å². The van der Waals surface area contributed by atoms with E-state index in [4.69, 9.17) is 23.7 Å². The van der Waals surface area contributed by atoms with Gasteiger partial charge in [0.25, 0.3) is 11.7 Å². The highest BCUT2D eigenvalue weighted by Gasteiger charge is 2.46. The van der Waals surface area contributed by atoms with Crippen LogP contribution in [0.3, 0.4) is 0 Å². The van der Waals surface area contributed by atoms with Crippen LogP contribution in [-0.4, -0.2) is 69.4 Å². The van der Waals surface area contributed by atoms with Gasteiger partial charge in [0.2, 0.25) is 5.75 Å². The van der Waals surface area contributed by atoms with E-state index >= 15 is 0 Å². The Morgan fingerprint density at radius 2 is 1.51 bits per heavy atom. The Kier molecular flexibility index (Phi) is 8.70. The Labute approximate surface area is 217 Å². The number of Topliss-reactive ketones (excluding diaryl/α,β-unsaturated/α-hetero) is 1. The maximum atomic E-state index is 13.4. The SMILES string of the molecule is COc1cc(C2/C(=C(\O)c3cc(C)cc(C)c3OC)C(=O)C(=O)N2CCOC(C)C)cc(OC)c1OC. The number of aryl methyl sites for hydroxylation is 2. The van der Waals surface area contributed by atoms with Crippen LogP contribution < -0.4 is 18.9 Å². The first kappa shape index (κ1) is 27.9. The Hall–Kier alpha value is -3.72. The van der Waals surface area contributed by atoms with Crippen molar-refractivity contribution < 1.29 is 38.4 Å². The molecule has 1 heterocycles. The van der Waals surface area contributed by atoms with Gasteiger partial charge in [-0.05, 0) is 62.6 Å². The highest BCUT2D eigenvalue weighted by molar-refractivity contribution is 6.46. The summed E-state index contributed by atoms with van der Waals surface area (Å²) in [6, 6.07) is 6.03. The third-order valence-corrected chi connectivity index (χ3v) is 6.20. The molecule has 1 amide bonds. The molecular formula is C28H35NO8. The minimum atomic E-state index is -0.935. The lowest BCUT2D eigenvalue weighted by Gasteiger charge is -2.27. The third-order valence-electron chi connectivity index (χ3n) is 6.20. The molecule has 0 radical (unpaired) electrons. The predicted molar refractivity (Wildman–Crippen MR) is 139 cm³/mol. The number of carbonyl (C=O) groups is 2. The number of hydrogen-bond donors (Lipinski definition) is 1.